The molecule has 0 radical (unpaired) electrons. The monoisotopic (exact) mass is 268 g/mol. The molecule has 0 saturated carbocycles. The molecule has 1 rings (SSSR count). The Morgan fingerprint density at radius 3 is 2.89 bits per heavy atom. The molecule has 1 amide bonds. The summed E-state index contributed by atoms with van der Waals surface area (Å²) in [5.74, 6) is 1.09. The molecule has 18 heavy (non-hydrogen) atoms. The van der Waals surface area contributed by atoms with Gasteiger partial charge in [0.2, 0.25) is 0 Å². The third-order valence-electron chi connectivity index (χ3n) is 2.92. The minimum Gasteiger partial charge on any atom is -0.352 e. The van der Waals surface area contributed by atoms with Crippen LogP contribution in [0.4, 0.5) is 0 Å². The Morgan fingerprint density at radius 2 is 2.28 bits per heavy atom. The number of aryl methyl sites for hydroxylation is 1. The van der Waals surface area contributed by atoms with Crippen molar-refractivity contribution in [3.8, 4) is 0 Å². The van der Waals surface area contributed by atoms with Gasteiger partial charge in [0.05, 0.1) is 0 Å². The van der Waals surface area contributed by atoms with Crippen molar-refractivity contribution in [2.45, 2.75) is 33.1 Å². The van der Waals surface area contributed by atoms with E-state index in [-0.39, 0.29) is 5.91 Å². The molecule has 4 heteroatoms. The van der Waals surface area contributed by atoms with Crippen molar-refractivity contribution in [1.29, 1.82) is 0 Å². The first-order valence-electron chi connectivity index (χ1n) is 6.44. The third-order valence-corrected chi connectivity index (χ3v) is 3.14. The maximum atomic E-state index is 11.9. The fourth-order valence-corrected chi connectivity index (χ4v) is 2.25. The van der Waals surface area contributed by atoms with Crippen molar-refractivity contribution < 1.29 is 4.79 Å². The van der Waals surface area contributed by atoms with E-state index < -0.39 is 0 Å². The van der Waals surface area contributed by atoms with E-state index in [1.54, 1.807) is 18.3 Å². The number of carbonyl (C=O) groups excluding carboxylic acids is 1. The highest BCUT2D eigenvalue weighted by molar-refractivity contribution is 6.17. The predicted octanol–water partition coefficient (Wildman–Crippen LogP) is 3.17. The summed E-state index contributed by atoms with van der Waals surface area (Å²) in [5.41, 5.74) is 1.53. The normalized spacial score (nSPS) is 12.2. The number of hydrogen-bond acceptors (Lipinski definition) is 2. The standard InChI is InChI=1S/C14H21ClN2O/c1-3-4-12(5-7-15)10-17-14(18)13-6-8-16-11(2)9-13/h6,8-9,12H,3-5,7,10H2,1-2H3,(H,17,18). The zero-order valence-electron chi connectivity index (χ0n) is 11.1. The number of amides is 1. The van der Waals surface area contributed by atoms with Crippen molar-refractivity contribution in [2.75, 3.05) is 12.4 Å². The average molecular weight is 269 g/mol. The van der Waals surface area contributed by atoms with Gasteiger partial charge in [0, 0.05) is 29.9 Å². The average Bonchev–Trinajstić information content (AvgIpc) is 2.36. The van der Waals surface area contributed by atoms with Crippen molar-refractivity contribution in [1.82, 2.24) is 10.3 Å². The number of aromatic nitrogens is 1. The van der Waals surface area contributed by atoms with Crippen molar-refractivity contribution >= 4 is 17.5 Å². The summed E-state index contributed by atoms with van der Waals surface area (Å²) in [7, 11) is 0. The molecule has 0 aliphatic carbocycles. The quantitative estimate of drug-likeness (QED) is 0.772. The van der Waals surface area contributed by atoms with Crippen LogP contribution in [0, 0.1) is 12.8 Å². The number of rotatable bonds is 7. The Kier molecular flexibility index (Phi) is 6.73. The Bertz CT molecular complexity index is 376. The van der Waals surface area contributed by atoms with E-state index in [0.29, 0.717) is 23.9 Å². The summed E-state index contributed by atoms with van der Waals surface area (Å²) in [6.07, 6.45) is 4.83. The van der Waals surface area contributed by atoms with E-state index >= 15 is 0 Å². The molecule has 1 unspecified atom stereocenters. The number of pyridine rings is 1. The topological polar surface area (TPSA) is 42.0 Å². The van der Waals surface area contributed by atoms with Gasteiger partial charge in [0.1, 0.15) is 0 Å². The number of halogens is 1. The van der Waals surface area contributed by atoms with Gasteiger partial charge in [-0.3, -0.25) is 9.78 Å². The van der Waals surface area contributed by atoms with Crippen molar-refractivity contribution in [3.63, 3.8) is 0 Å². The van der Waals surface area contributed by atoms with Crippen LogP contribution in [0.15, 0.2) is 18.3 Å². The van der Waals surface area contributed by atoms with Crippen LogP contribution in [0.3, 0.4) is 0 Å². The van der Waals surface area contributed by atoms with Gasteiger partial charge in [-0.2, -0.15) is 0 Å². The van der Waals surface area contributed by atoms with E-state index in [1.165, 1.54) is 0 Å². The van der Waals surface area contributed by atoms with Gasteiger partial charge in [0.25, 0.3) is 5.91 Å². The number of hydrogen-bond donors (Lipinski definition) is 1. The molecule has 0 fully saturated rings. The number of nitrogens with one attached hydrogen (secondary N) is 1. The molecule has 0 saturated heterocycles. The summed E-state index contributed by atoms with van der Waals surface area (Å²) >= 11 is 5.76. The van der Waals surface area contributed by atoms with Crippen LogP contribution >= 0.6 is 11.6 Å². The SMILES string of the molecule is CCCC(CCCl)CNC(=O)c1ccnc(C)c1. The number of carbonyl (C=O) groups is 1. The first-order valence-corrected chi connectivity index (χ1v) is 6.97. The van der Waals surface area contributed by atoms with E-state index in [4.69, 9.17) is 11.6 Å². The molecule has 0 aliphatic rings. The van der Waals surface area contributed by atoms with Gasteiger partial charge in [-0.1, -0.05) is 13.3 Å². The van der Waals surface area contributed by atoms with Crippen LogP contribution in [0.25, 0.3) is 0 Å². The van der Waals surface area contributed by atoms with E-state index in [2.05, 4.69) is 17.2 Å². The molecule has 1 atom stereocenters. The van der Waals surface area contributed by atoms with Gasteiger partial charge in [-0.15, -0.1) is 11.6 Å². The van der Waals surface area contributed by atoms with Crippen LogP contribution in [0.5, 0.6) is 0 Å². The highest BCUT2D eigenvalue weighted by atomic mass is 35.5. The molecule has 0 aromatic carbocycles. The maximum Gasteiger partial charge on any atom is 0.251 e. The Morgan fingerprint density at radius 1 is 1.50 bits per heavy atom. The zero-order valence-corrected chi connectivity index (χ0v) is 11.8. The fourth-order valence-electron chi connectivity index (χ4n) is 1.94. The van der Waals surface area contributed by atoms with Gasteiger partial charge >= 0.3 is 0 Å². The summed E-state index contributed by atoms with van der Waals surface area (Å²) in [4.78, 5) is 16.0. The van der Waals surface area contributed by atoms with E-state index in [0.717, 1.165) is 25.0 Å². The molecule has 0 aliphatic heterocycles. The number of nitrogens with zero attached hydrogens (tertiary/aromatic N) is 1. The highest BCUT2D eigenvalue weighted by Gasteiger charge is 2.10. The zero-order chi connectivity index (χ0) is 13.4. The minimum atomic E-state index is -0.0313. The molecule has 0 spiro atoms. The second-order valence-electron chi connectivity index (χ2n) is 4.53. The summed E-state index contributed by atoms with van der Waals surface area (Å²) in [5, 5.41) is 2.97. The van der Waals surface area contributed by atoms with Crippen LogP contribution in [-0.2, 0) is 0 Å². The van der Waals surface area contributed by atoms with Crippen molar-refractivity contribution in [3.05, 3.63) is 29.6 Å². The highest BCUT2D eigenvalue weighted by Crippen LogP contribution is 2.11. The smallest absolute Gasteiger partial charge is 0.251 e. The second-order valence-corrected chi connectivity index (χ2v) is 4.91. The van der Waals surface area contributed by atoms with E-state index in [1.807, 2.05) is 6.92 Å². The van der Waals surface area contributed by atoms with Crippen LogP contribution in [0.1, 0.15) is 42.2 Å². The summed E-state index contributed by atoms with van der Waals surface area (Å²) in [6.45, 7) is 4.72. The molecule has 1 aromatic rings. The first-order chi connectivity index (χ1) is 8.67. The molecular weight excluding hydrogens is 248 g/mol. The molecular formula is C14H21ClN2O. The van der Waals surface area contributed by atoms with E-state index in [9.17, 15) is 4.79 Å². The van der Waals surface area contributed by atoms with Gasteiger partial charge in [-0.05, 0) is 37.8 Å². The second kappa shape index (κ2) is 8.09. The predicted molar refractivity (Wildman–Crippen MR) is 75.0 cm³/mol. The van der Waals surface area contributed by atoms with Gasteiger partial charge in [-0.25, -0.2) is 0 Å². The Labute approximate surface area is 114 Å². The molecule has 1 N–H and O–H groups in total. The number of alkyl halides is 1. The lowest BCUT2D eigenvalue weighted by atomic mass is 10.0. The lowest BCUT2D eigenvalue weighted by molar-refractivity contribution is 0.0945. The minimum absolute atomic E-state index is 0.0313. The largest absolute Gasteiger partial charge is 0.352 e. The van der Waals surface area contributed by atoms with Gasteiger partial charge in [0.15, 0.2) is 0 Å². The molecule has 3 nitrogen and oxygen atoms in total. The first kappa shape index (κ1) is 15.0. The Balaban J connectivity index is 2.49. The van der Waals surface area contributed by atoms with Crippen LogP contribution in [0.2, 0.25) is 0 Å². The summed E-state index contributed by atoms with van der Waals surface area (Å²) < 4.78 is 0. The maximum absolute atomic E-state index is 11.9. The lowest BCUT2D eigenvalue weighted by Crippen LogP contribution is -2.29. The molecule has 100 valence electrons. The van der Waals surface area contributed by atoms with Crippen LogP contribution < -0.4 is 5.32 Å². The fraction of sp³-hybridized carbons (Fsp3) is 0.571. The Hall–Kier alpha value is -1.09. The molecule has 1 heterocycles. The van der Waals surface area contributed by atoms with Crippen LogP contribution in [-0.4, -0.2) is 23.3 Å². The third kappa shape index (κ3) is 5.05. The van der Waals surface area contributed by atoms with Gasteiger partial charge < -0.3 is 5.32 Å². The van der Waals surface area contributed by atoms with Crippen molar-refractivity contribution in [2.24, 2.45) is 5.92 Å². The molecule has 1 aromatic heterocycles. The summed E-state index contributed by atoms with van der Waals surface area (Å²) in [6, 6.07) is 3.53. The lowest BCUT2D eigenvalue weighted by Gasteiger charge is -2.15. The molecule has 0 bridgehead atoms.